The fourth-order valence-corrected chi connectivity index (χ4v) is 3.39. The van der Waals surface area contributed by atoms with Crippen LogP contribution in [0.25, 0.3) is 0 Å². The molecule has 8 nitrogen and oxygen atoms in total. The molecule has 0 unspecified atom stereocenters. The average molecular weight is 423 g/mol. The number of hydrogen-bond acceptors (Lipinski definition) is 7. The van der Waals surface area contributed by atoms with E-state index in [0.717, 1.165) is 0 Å². The van der Waals surface area contributed by atoms with Crippen LogP contribution in [-0.2, 0) is 10.0 Å². The number of nitrogens with one attached hydrogen (secondary N) is 1. The number of ether oxygens (including phenoxy) is 4. The van der Waals surface area contributed by atoms with Gasteiger partial charge in [0, 0.05) is 6.07 Å². The minimum absolute atomic E-state index is 0.00000916. The highest BCUT2D eigenvalue weighted by molar-refractivity contribution is 7.89. The van der Waals surface area contributed by atoms with Gasteiger partial charge in [-0.15, -0.1) is 0 Å². The van der Waals surface area contributed by atoms with Crippen molar-refractivity contribution in [1.82, 2.24) is 4.83 Å². The molecular weight excluding hydrogens is 396 g/mol. The van der Waals surface area contributed by atoms with Crippen LogP contribution < -0.4 is 23.8 Å². The first-order valence-electron chi connectivity index (χ1n) is 9.01. The van der Waals surface area contributed by atoms with Gasteiger partial charge in [-0.3, -0.25) is 0 Å². The predicted molar refractivity (Wildman–Crippen MR) is 111 cm³/mol. The zero-order valence-electron chi connectivity index (χ0n) is 17.1. The molecule has 9 heteroatoms. The fraction of sp³-hybridized carbons (Fsp3) is 0.350. The Labute approximate surface area is 171 Å². The second-order valence-corrected chi connectivity index (χ2v) is 7.80. The van der Waals surface area contributed by atoms with E-state index in [1.54, 1.807) is 18.2 Å². The standard InChI is InChI=1S/C20H26N2O6S/c1-6-27-18-11-15(7-9-17(18)28-14(2)3)13-21-22-29(23,24)20-10-8-16(25-4)12-19(20)26-5/h7-14,22H,6H2,1-5H3/b21-13-. The number of benzene rings is 2. The van der Waals surface area contributed by atoms with Gasteiger partial charge in [-0.05, 0) is 56.7 Å². The van der Waals surface area contributed by atoms with Gasteiger partial charge in [-0.1, -0.05) is 0 Å². The van der Waals surface area contributed by atoms with Crippen LogP contribution in [0.1, 0.15) is 26.3 Å². The highest BCUT2D eigenvalue weighted by atomic mass is 32.2. The summed E-state index contributed by atoms with van der Waals surface area (Å²) in [5.74, 6) is 1.81. The Morgan fingerprint density at radius 3 is 2.41 bits per heavy atom. The summed E-state index contributed by atoms with van der Waals surface area (Å²) in [5.41, 5.74) is 0.647. The summed E-state index contributed by atoms with van der Waals surface area (Å²) in [6.07, 6.45) is 1.38. The van der Waals surface area contributed by atoms with Crippen LogP contribution in [0, 0.1) is 0 Å². The molecule has 158 valence electrons. The van der Waals surface area contributed by atoms with Crippen LogP contribution in [0.3, 0.4) is 0 Å². The van der Waals surface area contributed by atoms with Gasteiger partial charge < -0.3 is 18.9 Å². The molecule has 2 aromatic carbocycles. The van der Waals surface area contributed by atoms with Crippen LogP contribution in [0.2, 0.25) is 0 Å². The maximum Gasteiger partial charge on any atom is 0.280 e. The fourth-order valence-electron chi connectivity index (χ4n) is 2.44. The van der Waals surface area contributed by atoms with Crippen LogP contribution in [-0.4, -0.2) is 41.6 Å². The zero-order valence-corrected chi connectivity index (χ0v) is 17.9. The number of methoxy groups -OCH3 is 2. The molecule has 0 atom stereocenters. The largest absolute Gasteiger partial charge is 0.497 e. The van der Waals surface area contributed by atoms with Gasteiger partial charge in [0.15, 0.2) is 11.5 Å². The molecule has 0 saturated carbocycles. The minimum atomic E-state index is -3.93. The number of sulfonamides is 1. The molecule has 0 bridgehead atoms. The molecule has 29 heavy (non-hydrogen) atoms. The monoisotopic (exact) mass is 422 g/mol. The van der Waals surface area contributed by atoms with E-state index in [2.05, 4.69) is 9.93 Å². The quantitative estimate of drug-likeness (QED) is 0.467. The summed E-state index contributed by atoms with van der Waals surface area (Å²) >= 11 is 0. The van der Waals surface area contributed by atoms with Crippen molar-refractivity contribution in [1.29, 1.82) is 0 Å². The van der Waals surface area contributed by atoms with Crippen molar-refractivity contribution in [2.75, 3.05) is 20.8 Å². The summed E-state index contributed by atoms with van der Waals surface area (Å²) in [4.78, 5) is 2.14. The summed E-state index contributed by atoms with van der Waals surface area (Å²) in [6.45, 7) is 6.19. The summed E-state index contributed by atoms with van der Waals surface area (Å²) in [6, 6.07) is 9.65. The molecule has 0 radical (unpaired) electrons. The lowest BCUT2D eigenvalue weighted by atomic mass is 10.2. The van der Waals surface area contributed by atoms with E-state index in [1.807, 2.05) is 20.8 Å². The third kappa shape index (κ3) is 6.02. The molecule has 0 heterocycles. The minimum Gasteiger partial charge on any atom is -0.497 e. The third-order valence-corrected chi connectivity index (χ3v) is 4.94. The molecule has 0 aliphatic carbocycles. The molecule has 0 aliphatic rings. The maximum atomic E-state index is 12.6. The average Bonchev–Trinajstić information content (AvgIpc) is 2.69. The van der Waals surface area contributed by atoms with E-state index in [1.165, 1.54) is 38.6 Å². The molecule has 0 aromatic heterocycles. The molecule has 0 saturated heterocycles. The first-order valence-corrected chi connectivity index (χ1v) is 10.5. The molecular formula is C20H26N2O6S. The topological polar surface area (TPSA) is 95.5 Å². The van der Waals surface area contributed by atoms with Gasteiger partial charge in [0.2, 0.25) is 0 Å². The van der Waals surface area contributed by atoms with E-state index in [0.29, 0.717) is 29.4 Å². The van der Waals surface area contributed by atoms with Crippen LogP contribution in [0.15, 0.2) is 46.4 Å². The number of hydrogen-bond donors (Lipinski definition) is 1. The predicted octanol–water partition coefficient (Wildman–Crippen LogP) is 3.20. The van der Waals surface area contributed by atoms with E-state index in [-0.39, 0.29) is 16.7 Å². The van der Waals surface area contributed by atoms with E-state index < -0.39 is 10.0 Å². The Hall–Kier alpha value is -2.94. The van der Waals surface area contributed by atoms with Crippen LogP contribution >= 0.6 is 0 Å². The summed E-state index contributed by atoms with van der Waals surface area (Å²) in [7, 11) is -1.06. The molecule has 0 fully saturated rings. The Morgan fingerprint density at radius 1 is 1.03 bits per heavy atom. The maximum absolute atomic E-state index is 12.6. The van der Waals surface area contributed by atoms with Crippen molar-refractivity contribution < 1.29 is 27.4 Å². The Bertz CT molecular complexity index is 957. The zero-order chi connectivity index (χ0) is 21.4. The molecule has 1 N–H and O–H groups in total. The molecule has 0 amide bonds. The normalized spacial score (nSPS) is 11.5. The van der Waals surface area contributed by atoms with E-state index in [4.69, 9.17) is 18.9 Å². The van der Waals surface area contributed by atoms with Crippen molar-refractivity contribution in [3.8, 4) is 23.0 Å². The third-order valence-electron chi connectivity index (χ3n) is 3.68. The van der Waals surface area contributed by atoms with Crippen molar-refractivity contribution in [3.63, 3.8) is 0 Å². The van der Waals surface area contributed by atoms with Gasteiger partial charge in [0.05, 0.1) is 33.1 Å². The van der Waals surface area contributed by atoms with Crippen LogP contribution in [0.4, 0.5) is 0 Å². The molecule has 0 spiro atoms. The number of nitrogens with zero attached hydrogens (tertiary/aromatic N) is 1. The van der Waals surface area contributed by atoms with Crippen molar-refractivity contribution in [2.24, 2.45) is 5.10 Å². The molecule has 2 aromatic rings. The summed E-state index contributed by atoms with van der Waals surface area (Å²) in [5, 5.41) is 3.85. The van der Waals surface area contributed by atoms with Crippen LogP contribution in [0.5, 0.6) is 23.0 Å². The Kier molecular flexibility index (Phi) is 7.72. The van der Waals surface area contributed by atoms with Gasteiger partial charge in [0.25, 0.3) is 10.0 Å². The smallest absolute Gasteiger partial charge is 0.280 e. The number of rotatable bonds is 10. The summed E-state index contributed by atoms with van der Waals surface area (Å²) < 4.78 is 46.6. The second kappa shape index (κ2) is 10.0. The first kappa shape index (κ1) is 22.4. The van der Waals surface area contributed by atoms with Gasteiger partial charge >= 0.3 is 0 Å². The Morgan fingerprint density at radius 2 is 1.79 bits per heavy atom. The van der Waals surface area contributed by atoms with Gasteiger partial charge in [-0.2, -0.15) is 18.4 Å². The van der Waals surface area contributed by atoms with E-state index >= 15 is 0 Å². The van der Waals surface area contributed by atoms with Crippen molar-refractivity contribution in [3.05, 3.63) is 42.0 Å². The lowest BCUT2D eigenvalue weighted by Crippen LogP contribution is -2.19. The van der Waals surface area contributed by atoms with Crippen molar-refractivity contribution >= 4 is 16.2 Å². The number of hydrazone groups is 1. The van der Waals surface area contributed by atoms with Crippen molar-refractivity contribution in [2.45, 2.75) is 31.8 Å². The second-order valence-electron chi connectivity index (χ2n) is 6.18. The molecule has 0 aliphatic heterocycles. The molecule has 2 rings (SSSR count). The SMILES string of the molecule is CCOc1cc(/C=N\NS(=O)(=O)c2ccc(OC)cc2OC)ccc1OC(C)C. The highest BCUT2D eigenvalue weighted by Gasteiger charge is 2.19. The first-order chi connectivity index (χ1) is 13.8. The Balaban J connectivity index is 2.21. The lowest BCUT2D eigenvalue weighted by Gasteiger charge is -2.14. The van der Waals surface area contributed by atoms with E-state index in [9.17, 15) is 8.42 Å². The highest BCUT2D eigenvalue weighted by Crippen LogP contribution is 2.29. The lowest BCUT2D eigenvalue weighted by molar-refractivity contribution is 0.224. The van der Waals surface area contributed by atoms with Gasteiger partial charge in [0.1, 0.15) is 16.4 Å². The van der Waals surface area contributed by atoms with Gasteiger partial charge in [-0.25, -0.2) is 0 Å².